The molecule has 0 bridgehead atoms. The van der Waals surface area contributed by atoms with Crippen molar-refractivity contribution >= 4 is 9.84 Å². The number of benzene rings is 1. The second-order valence-corrected chi connectivity index (χ2v) is 5.93. The maximum atomic E-state index is 11.1. The highest BCUT2D eigenvalue weighted by atomic mass is 32.2. The molecule has 2 rings (SSSR count). The van der Waals surface area contributed by atoms with Gasteiger partial charge in [-0.25, -0.2) is 8.42 Å². The van der Waals surface area contributed by atoms with E-state index in [9.17, 15) is 13.5 Å². The number of sulfone groups is 1. The van der Waals surface area contributed by atoms with Crippen LogP contribution >= 0.6 is 0 Å². The average molecular weight is 270 g/mol. The van der Waals surface area contributed by atoms with Crippen molar-refractivity contribution in [2.24, 2.45) is 0 Å². The molecule has 0 saturated heterocycles. The van der Waals surface area contributed by atoms with Crippen LogP contribution in [0.15, 0.2) is 22.7 Å². The monoisotopic (exact) mass is 270 g/mol. The second kappa shape index (κ2) is 4.30. The Morgan fingerprint density at radius 2 is 2.00 bits per heavy atom. The van der Waals surface area contributed by atoms with Crippen LogP contribution in [0.5, 0.6) is 11.5 Å². The summed E-state index contributed by atoms with van der Waals surface area (Å²) in [6.45, 7) is 0. The first-order valence-electron chi connectivity index (χ1n) is 4.88. The van der Waals surface area contributed by atoms with Crippen LogP contribution in [-0.4, -0.2) is 35.0 Å². The number of aromatic nitrogens is 2. The van der Waals surface area contributed by atoms with Gasteiger partial charge in [0.05, 0.1) is 0 Å². The highest BCUT2D eigenvalue weighted by molar-refractivity contribution is 7.89. The van der Waals surface area contributed by atoms with Gasteiger partial charge in [0.25, 0.3) is 5.89 Å². The molecular weight excluding hydrogens is 260 g/mol. The second-order valence-electron chi connectivity index (χ2n) is 3.79. The van der Waals surface area contributed by atoms with Gasteiger partial charge in [0, 0.05) is 11.8 Å². The highest BCUT2D eigenvalue weighted by Gasteiger charge is 2.14. The Morgan fingerprint density at radius 1 is 1.28 bits per heavy atom. The standard InChI is InChI=1S/C10H10N2O5S/c1-18(15,16)5-9-11-10(17-12-9)6-2-3-7(13)8(14)4-6/h2-4,13-14H,5H2,1H3. The zero-order valence-corrected chi connectivity index (χ0v) is 10.2. The molecule has 0 aliphatic rings. The van der Waals surface area contributed by atoms with Gasteiger partial charge in [-0.2, -0.15) is 4.98 Å². The van der Waals surface area contributed by atoms with Crippen molar-refractivity contribution in [2.45, 2.75) is 5.75 Å². The number of nitrogens with zero attached hydrogens (tertiary/aromatic N) is 2. The molecule has 0 unspecified atom stereocenters. The van der Waals surface area contributed by atoms with Crippen molar-refractivity contribution in [1.29, 1.82) is 0 Å². The Bertz CT molecular complexity index is 677. The van der Waals surface area contributed by atoms with Crippen LogP contribution < -0.4 is 0 Å². The van der Waals surface area contributed by atoms with E-state index in [0.717, 1.165) is 6.26 Å². The fraction of sp³-hybridized carbons (Fsp3) is 0.200. The SMILES string of the molecule is CS(=O)(=O)Cc1noc(-c2ccc(O)c(O)c2)n1. The fourth-order valence-corrected chi connectivity index (χ4v) is 1.91. The lowest BCUT2D eigenvalue weighted by Gasteiger charge is -1.98. The molecule has 8 heteroatoms. The molecule has 96 valence electrons. The summed E-state index contributed by atoms with van der Waals surface area (Å²) in [6, 6.07) is 3.98. The summed E-state index contributed by atoms with van der Waals surface area (Å²) >= 11 is 0. The van der Waals surface area contributed by atoms with E-state index in [1.165, 1.54) is 18.2 Å². The van der Waals surface area contributed by atoms with E-state index in [-0.39, 0.29) is 29.0 Å². The maximum absolute atomic E-state index is 11.1. The van der Waals surface area contributed by atoms with Gasteiger partial charge in [0.1, 0.15) is 5.75 Å². The Kier molecular flexibility index (Phi) is 2.95. The molecule has 0 fully saturated rings. The molecule has 0 radical (unpaired) electrons. The summed E-state index contributed by atoms with van der Waals surface area (Å²) < 4.78 is 27.0. The third kappa shape index (κ3) is 2.77. The van der Waals surface area contributed by atoms with Gasteiger partial charge < -0.3 is 14.7 Å². The normalized spacial score (nSPS) is 11.6. The minimum atomic E-state index is -3.24. The first-order chi connectivity index (χ1) is 8.35. The van der Waals surface area contributed by atoms with Crippen LogP contribution in [0.4, 0.5) is 0 Å². The smallest absolute Gasteiger partial charge is 0.258 e. The van der Waals surface area contributed by atoms with Gasteiger partial charge in [0.2, 0.25) is 0 Å². The van der Waals surface area contributed by atoms with Gasteiger partial charge in [-0.05, 0) is 18.2 Å². The predicted octanol–water partition coefficient (Wildman–Crippen LogP) is 0.692. The molecule has 0 amide bonds. The van der Waals surface area contributed by atoms with Crippen molar-refractivity contribution in [2.75, 3.05) is 6.26 Å². The number of phenolic OH excluding ortho intramolecular Hbond substituents is 2. The number of phenols is 2. The first kappa shape index (κ1) is 12.4. The summed E-state index contributed by atoms with van der Waals surface area (Å²) in [4.78, 5) is 3.89. The number of rotatable bonds is 3. The van der Waals surface area contributed by atoms with E-state index in [0.29, 0.717) is 5.56 Å². The summed E-state index contributed by atoms with van der Waals surface area (Å²) in [7, 11) is -3.24. The van der Waals surface area contributed by atoms with Gasteiger partial charge >= 0.3 is 0 Å². The Labute approximate surface area is 103 Å². The Hall–Kier alpha value is -2.09. The van der Waals surface area contributed by atoms with Crippen molar-refractivity contribution in [3.05, 3.63) is 24.0 Å². The molecule has 7 nitrogen and oxygen atoms in total. The largest absolute Gasteiger partial charge is 0.504 e. The van der Waals surface area contributed by atoms with Crippen LogP contribution in [0.1, 0.15) is 5.82 Å². The molecular formula is C10H10N2O5S. The molecule has 18 heavy (non-hydrogen) atoms. The van der Waals surface area contributed by atoms with Crippen LogP contribution in [0, 0.1) is 0 Å². The molecule has 0 aliphatic carbocycles. The Balaban J connectivity index is 2.32. The van der Waals surface area contributed by atoms with Crippen molar-refractivity contribution < 1.29 is 23.2 Å². The van der Waals surface area contributed by atoms with E-state index < -0.39 is 9.84 Å². The molecule has 0 aliphatic heterocycles. The lowest BCUT2D eigenvalue weighted by Crippen LogP contribution is -2.02. The van der Waals surface area contributed by atoms with E-state index in [4.69, 9.17) is 9.63 Å². The average Bonchev–Trinajstić information content (AvgIpc) is 2.68. The molecule has 0 atom stereocenters. The van der Waals surface area contributed by atoms with E-state index >= 15 is 0 Å². The summed E-state index contributed by atoms with van der Waals surface area (Å²) in [6.07, 6.45) is 1.06. The van der Waals surface area contributed by atoms with E-state index in [1.54, 1.807) is 0 Å². The zero-order valence-electron chi connectivity index (χ0n) is 9.36. The molecule has 0 spiro atoms. The van der Waals surface area contributed by atoms with Crippen LogP contribution in [0.2, 0.25) is 0 Å². The lowest BCUT2D eigenvalue weighted by molar-refractivity contribution is 0.402. The molecule has 2 aromatic rings. The third-order valence-electron chi connectivity index (χ3n) is 2.08. The summed E-state index contributed by atoms with van der Waals surface area (Å²) in [5, 5.41) is 22.0. The first-order valence-corrected chi connectivity index (χ1v) is 6.94. The summed E-state index contributed by atoms with van der Waals surface area (Å²) in [5.41, 5.74) is 0.387. The molecule has 1 aromatic heterocycles. The van der Waals surface area contributed by atoms with Crippen LogP contribution in [0.3, 0.4) is 0 Å². The maximum Gasteiger partial charge on any atom is 0.258 e. The number of hydrogen-bond donors (Lipinski definition) is 2. The minimum absolute atomic E-state index is 0.0417. The van der Waals surface area contributed by atoms with Gasteiger partial charge in [0.15, 0.2) is 27.2 Å². The van der Waals surface area contributed by atoms with Crippen molar-refractivity contribution in [3.63, 3.8) is 0 Å². The highest BCUT2D eigenvalue weighted by Crippen LogP contribution is 2.29. The number of aromatic hydroxyl groups is 2. The molecule has 2 N–H and O–H groups in total. The summed E-state index contributed by atoms with van der Waals surface area (Å²) in [5.74, 6) is -0.797. The van der Waals surface area contributed by atoms with Crippen molar-refractivity contribution in [1.82, 2.24) is 10.1 Å². The van der Waals surface area contributed by atoms with Crippen molar-refractivity contribution in [3.8, 4) is 23.0 Å². The predicted molar refractivity (Wildman–Crippen MR) is 61.6 cm³/mol. The Morgan fingerprint density at radius 3 is 2.61 bits per heavy atom. The fourth-order valence-electron chi connectivity index (χ4n) is 1.32. The van der Waals surface area contributed by atoms with Gasteiger partial charge in [-0.1, -0.05) is 5.16 Å². The van der Waals surface area contributed by atoms with E-state index in [2.05, 4.69) is 10.1 Å². The quantitative estimate of drug-likeness (QED) is 0.789. The molecule has 1 aromatic carbocycles. The topological polar surface area (TPSA) is 114 Å². The molecule has 0 saturated carbocycles. The third-order valence-corrected chi connectivity index (χ3v) is 2.86. The van der Waals surface area contributed by atoms with Gasteiger partial charge in [-0.15, -0.1) is 0 Å². The molecule has 1 heterocycles. The van der Waals surface area contributed by atoms with Crippen LogP contribution in [-0.2, 0) is 15.6 Å². The van der Waals surface area contributed by atoms with E-state index in [1.807, 2.05) is 0 Å². The zero-order chi connectivity index (χ0) is 13.3. The van der Waals surface area contributed by atoms with Crippen LogP contribution in [0.25, 0.3) is 11.5 Å². The number of hydrogen-bond acceptors (Lipinski definition) is 7. The lowest BCUT2D eigenvalue weighted by atomic mass is 10.2. The van der Waals surface area contributed by atoms with Gasteiger partial charge in [-0.3, -0.25) is 0 Å². The minimum Gasteiger partial charge on any atom is -0.504 e.